The molecule has 29 heavy (non-hydrogen) atoms. The Morgan fingerprint density at radius 1 is 1.07 bits per heavy atom. The molecular formula is C24H25NO3S. The van der Waals surface area contributed by atoms with Gasteiger partial charge < -0.3 is 9.84 Å². The molecule has 150 valence electrons. The highest BCUT2D eigenvalue weighted by Gasteiger charge is 2.30. The minimum atomic E-state index is -0.673. The van der Waals surface area contributed by atoms with Gasteiger partial charge in [-0.05, 0) is 71.6 Å². The number of ether oxygens (including phenoxy) is 1. The molecule has 5 heteroatoms. The summed E-state index contributed by atoms with van der Waals surface area (Å²) < 4.78 is 6.04. The summed E-state index contributed by atoms with van der Waals surface area (Å²) in [6, 6.07) is 20.7. The highest BCUT2D eigenvalue weighted by molar-refractivity contribution is 7.08. The number of hydrogen-bond donors (Lipinski definition) is 1. The van der Waals surface area contributed by atoms with Crippen molar-refractivity contribution < 1.29 is 14.6 Å². The van der Waals surface area contributed by atoms with Crippen LogP contribution in [0.25, 0.3) is 0 Å². The van der Waals surface area contributed by atoms with Gasteiger partial charge in [-0.3, -0.25) is 9.69 Å². The maximum Gasteiger partial charge on any atom is 0.306 e. The molecule has 4 nitrogen and oxygen atoms in total. The Morgan fingerprint density at radius 2 is 1.86 bits per heavy atom. The van der Waals surface area contributed by atoms with Gasteiger partial charge in [0, 0.05) is 0 Å². The van der Waals surface area contributed by atoms with Gasteiger partial charge >= 0.3 is 5.97 Å². The molecule has 0 amide bonds. The zero-order chi connectivity index (χ0) is 20.1. The van der Waals surface area contributed by atoms with Crippen LogP contribution in [0.4, 0.5) is 0 Å². The van der Waals surface area contributed by atoms with Crippen LogP contribution in [-0.2, 0) is 11.4 Å². The largest absolute Gasteiger partial charge is 0.489 e. The third-order valence-electron chi connectivity index (χ3n) is 5.53. The van der Waals surface area contributed by atoms with Gasteiger partial charge in [0.2, 0.25) is 0 Å². The Labute approximate surface area is 175 Å². The first-order chi connectivity index (χ1) is 14.2. The lowest BCUT2D eigenvalue weighted by atomic mass is 9.92. The van der Waals surface area contributed by atoms with Crippen LogP contribution < -0.4 is 4.74 Å². The van der Waals surface area contributed by atoms with Crippen LogP contribution in [0.2, 0.25) is 0 Å². The smallest absolute Gasteiger partial charge is 0.306 e. The van der Waals surface area contributed by atoms with Crippen molar-refractivity contribution >= 4 is 17.3 Å². The van der Waals surface area contributed by atoms with Gasteiger partial charge in [0.05, 0.1) is 12.0 Å². The zero-order valence-corrected chi connectivity index (χ0v) is 17.1. The first kappa shape index (κ1) is 19.7. The van der Waals surface area contributed by atoms with E-state index in [4.69, 9.17) is 4.74 Å². The Balaban J connectivity index is 1.53. The molecule has 1 unspecified atom stereocenters. The molecule has 0 aliphatic carbocycles. The van der Waals surface area contributed by atoms with Crippen molar-refractivity contribution in [2.45, 2.75) is 25.5 Å². The van der Waals surface area contributed by atoms with E-state index >= 15 is 0 Å². The fraction of sp³-hybridized carbons (Fsp3) is 0.292. The molecule has 3 aromatic rings. The second kappa shape index (κ2) is 9.25. The van der Waals surface area contributed by atoms with Crippen molar-refractivity contribution in [3.05, 3.63) is 88.1 Å². The van der Waals surface area contributed by atoms with E-state index in [0.29, 0.717) is 19.4 Å². The summed E-state index contributed by atoms with van der Waals surface area (Å²) in [5.74, 6) is -0.0463. The fourth-order valence-corrected chi connectivity index (χ4v) is 4.64. The molecule has 0 saturated carbocycles. The van der Waals surface area contributed by atoms with E-state index in [-0.39, 0.29) is 12.0 Å². The Morgan fingerprint density at radius 3 is 2.55 bits per heavy atom. The molecule has 1 aliphatic rings. The van der Waals surface area contributed by atoms with Crippen molar-refractivity contribution in [1.29, 1.82) is 0 Å². The van der Waals surface area contributed by atoms with Gasteiger partial charge in [0.25, 0.3) is 0 Å². The molecule has 1 aromatic heterocycles. The lowest BCUT2D eigenvalue weighted by molar-refractivity contribution is -0.143. The Bertz CT molecular complexity index is 918. The minimum absolute atomic E-state index is 0.122. The van der Waals surface area contributed by atoms with Crippen molar-refractivity contribution in [3.63, 3.8) is 0 Å². The Kier molecular flexibility index (Phi) is 6.27. The third kappa shape index (κ3) is 4.86. The average Bonchev–Trinajstić information content (AvgIpc) is 3.28. The lowest BCUT2D eigenvalue weighted by Gasteiger charge is -2.36. The summed E-state index contributed by atoms with van der Waals surface area (Å²) in [4.78, 5) is 13.7. The number of likely N-dealkylation sites (tertiary alicyclic amines) is 1. The number of piperidine rings is 1. The number of carbonyl (C=O) groups is 1. The number of nitrogens with zero attached hydrogens (tertiary/aromatic N) is 1. The van der Waals surface area contributed by atoms with E-state index < -0.39 is 5.97 Å². The van der Waals surface area contributed by atoms with E-state index in [1.165, 1.54) is 11.1 Å². The monoisotopic (exact) mass is 407 g/mol. The number of rotatable bonds is 7. The van der Waals surface area contributed by atoms with Crippen molar-refractivity contribution in [1.82, 2.24) is 4.90 Å². The maximum absolute atomic E-state index is 11.3. The standard InChI is InChI=1S/C24H25NO3S/c26-24(27)19-9-12-25(13-10-19)23(21-11-14-29-17-21)20-7-4-8-22(15-20)28-16-18-5-2-1-3-6-18/h1-8,11,14-15,17,19,23H,9-10,12-13,16H2,(H,26,27). The van der Waals surface area contributed by atoms with Crippen molar-refractivity contribution in [2.24, 2.45) is 5.92 Å². The molecule has 4 rings (SSSR count). The second-order valence-corrected chi connectivity index (χ2v) is 8.23. The number of hydrogen-bond acceptors (Lipinski definition) is 4. The summed E-state index contributed by atoms with van der Waals surface area (Å²) in [6.07, 6.45) is 1.39. The molecule has 0 bridgehead atoms. The van der Waals surface area contributed by atoms with Gasteiger partial charge in [-0.2, -0.15) is 11.3 Å². The van der Waals surface area contributed by atoms with Gasteiger partial charge in [-0.15, -0.1) is 0 Å². The molecule has 1 fully saturated rings. The zero-order valence-electron chi connectivity index (χ0n) is 16.2. The van der Waals surface area contributed by atoms with Crippen LogP contribution in [0.1, 0.15) is 35.6 Å². The lowest BCUT2D eigenvalue weighted by Crippen LogP contribution is -2.39. The molecule has 0 radical (unpaired) electrons. The van der Waals surface area contributed by atoms with Gasteiger partial charge in [-0.1, -0.05) is 42.5 Å². The molecular weight excluding hydrogens is 382 g/mol. The molecule has 2 heterocycles. The number of benzene rings is 2. The van der Waals surface area contributed by atoms with Gasteiger partial charge in [0.15, 0.2) is 0 Å². The number of carboxylic acids is 1. The summed E-state index contributed by atoms with van der Waals surface area (Å²) in [5, 5.41) is 13.6. The van der Waals surface area contributed by atoms with E-state index in [2.05, 4.69) is 46.0 Å². The van der Waals surface area contributed by atoms with Crippen LogP contribution in [0, 0.1) is 5.92 Å². The highest BCUT2D eigenvalue weighted by atomic mass is 32.1. The molecule has 1 N–H and O–H groups in total. The predicted molar refractivity (Wildman–Crippen MR) is 115 cm³/mol. The van der Waals surface area contributed by atoms with Crippen LogP contribution in [0.3, 0.4) is 0 Å². The summed E-state index contributed by atoms with van der Waals surface area (Å²) in [6.45, 7) is 2.11. The number of aliphatic carboxylic acids is 1. The summed E-state index contributed by atoms with van der Waals surface area (Å²) >= 11 is 1.69. The fourth-order valence-electron chi connectivity index (χ4n) is 3.96. The summed E-state index contributed by atoms with van der Waals surface area (Å²) in [7, 11) is 0. The quantitative estimate of drug-likeness (QED) is 0.584. The molecule has 1 atom stereocenters. The van der Waals surface area contributed by atoms with E-state index in [9.17, 15) is 9.90 Å². The highest BCUT2D eigenvalue weighted by Crippen LogP contribution is 2.35. The molecule has 1 saturated heterocycles. The minimum Gasteiger partial charge on any atom is -0.489 e. The topological polar surface area (TPSA) is 49.8 Å². The summed E-state index contributed by atoms with van der Waals surface area (Å²) in [5.41, 5.74) is 3.58. The Hall–Kier alpha value is -2.63. The predicted octanol–water partition coefficient (Wildman–Crippen LogP) is 5.21. The van der Waals surface area contributed by atoms with Crippen molar-refractivity contribution in [2.75, 3.05) is 13.1 Å². The normalized spacial score (nSPS) is 16.4. The van der Waals surface area contributed by atoms with Crippen LogP contribution in [0.5, 0.6) is 5.75 Å². The van der Waals surface area contributed by atoms with Crippen LogP contribution >= 0.6 is 11.3 Å². The average molecular weight is 408 g/mol. The van der Waals surface area contributed by atoms with E-state index in [0.717, 1.165) is 24.4 Å². The van der Waals surface area contributed by atoms with Gasteiger partial charge in [-0.25, -0.2) is 0 Å². The molecule has 2 aromatic carbocycles. The first-order valence-corrected chi connectivity index (χ1v) is 10.9. The second-order valence-electron chi connectivity index (χ2n) is 7.45. The van der Waals surface area contributed by atoms with Crippen molar-refractivity contribution in [3.8, 4) is 5.75 Å². The first-order valence-electron chi connectivity index (χ1n) is 9.96. The van der Waals surface area contributed by atoms with E-state index in [1.807, 2.05) is 30.3 Å². The van der Waals surface area contributed by atoms with Gasteiger partial charge in [0.1, 0.15) is 12.4 Å². The third-order valence-corrected chi connectivity index (χ3v) is 6.23. The SMILES string of the molecule is O=C(O)C1CCN(C(c2ccsc2)c2cccc(OCc3ccccc3)c2)CC1. The van der Waals surface area contributed by atoms with Crippen LogP contribution in [-0.4, -0.2) is 29.1 Å². The number of carboxylic acid groups (broad SMARTS) is 1. The molecule has 1 aliphatic heterocycles. The van der Waals surface area contributed by atoms with Crippen LogP contribution in [0.15, 0.2) is 71.4 Å². The van der Waals surface area contributed by atoms with E-state index in [1.54, 1.807) is 11.3 Å². The maximum atomic E-state index is 11.3. The number of thiophene rings is 1. The molecule has 0 spiro atoms.